The molecule has 0 spiro atoms. The normalized spacial score (nSPS) is 16.0. The number of carbonyl (C=O) groups excluding carboxylic acids is 1. The molecule has 2 rings (SSSR count). The SMILES string of the molecule is O=C(CCCOc1cccnc1)NC1CCNCC1. The second-order valence-electron chi connectivity index (χ2n) is 4.73. The van der Waals surface area contributed by atoms with Crippen LogP contribution in [-0.2, 0) is 4.79 Å². The predicted octanol–water partition coefficient (Wildman–Crippen LogP) is 1.11. The Hall–Kier alpha value is -1.62. The van der Waals surface area contributed by atoms with Crippen LogP contribution in [0, 0.1) is 0 Å². The molecule has 5 nitrogen and oxygen atoms in total. The second kappa shape index (κ2) is 7.74. The number of rotatable bonds is 6. The van der Waals surface area contributed by atoms with Crippen molar-refractivity contribution in [1.29, 1.82) is 0 Å². The first-order valence-corrected chi connectivity index (χ1v) is 6.87. The van der Waals surface area contributed by atoms with E-state index in [4.69, 9.17) is 4.74 Å². The number of nitrogens with one attached hydrogen (secondary N) is 2. The van der Waals surface area contributed by atoms with E-state index in [2.05, 4.69) is 15.6 Å². The molecule has 5 heteroatoms. The Morgan fingerprint density at radius 3 is 3.05 bits per heavy atom. The average Bonchev–Trinajstić information content (AvgIpc) is 2.46. The highest BCUT2D eigenvalue weighted by Gasteiger charge is 2.14. The van der Waals surface area contributed by atoms with Crippen molar-refractivity contribution in [2.75, 3.05) is 19.7 Å². The Bertz CT molecular complexity index is 378. The van der Waals surface area contributed by atoms with E-state index in [0.717, 1.165) is 38.1 Å². The van der Waals surface area contributed by atoms with E-state index >= 15 is 0 Å². The summed E-state index contributed by atoms with van der Waals surface area (Å²) in [5.41, 5.74) is 0. The Morgan fingerprint density at radius 1 is 1.47 bits per heavy atom. The monoisotopic (exact) mass is 263 g/mol. The maximum Gasteiger partial charge on any atom is 0.220 e. The summed E-state index contributed by atoms with van der Waals surface area (Å²) >= 11 is 0. The summed E-state index contributed by atoms with van der Waals surface area (Å²) in [7, 11) is 0. The molecule has 0 radical (unpaired) electrons. The Labute approximate surface area is 113 Å². The molecule has 1 fully saturated rings. The molecule has 0 atom stereocenters. The molecule has 0 bridgehead atoms. The zero-order chi connectivity index (χ0) is 13.3. The van der Waals surface area contributed by atoms with Crippen LogP contribution in [0.2, 0.25) is 0 Å². The Balaban J connectivity index is 1.56. The van der Waals surface area contributed by atoms with E-state index in [0.29, 0.717) is 19.1 Å². The van der Waals surface area contributed by atoms with Crippen molar-refractivity contribution >= 4 is 5.91 Å². The van der Waals surface area contributed by atoms with Crippen LogP contribution in [0.4, 0.5) is 0 Å². The maximum atomic E-state index is 11.7. The van der Waals surface area contributed by atoms with Gasteiger partial charge in [-0.25, -0.2) is 0 Å². The second-order valence-corrected chi connectivity index (χ2v) is 4.73. The highest BCUT2D eigenvalue weighted by Crippen LogP contribution is 2.07. The molecular formula is C14H21N3O2. The van der Waals surface area contributed by atoms with Crippen LogP contribution in [0.5, 0.6) is 5.75 Å². The number of amides is 1. The number of nitrogens with zero attached hydrogens (tertiary/aromatic N) is 1. The number of hydrogen-bond acceptors (Lipinski definition) is 4. The van der Waals surface area contributed by atoms with E-state index in [9.17, 15) is 4.79 Å². The number of pyridine rings is 1. The third-order valence-electron chi connectivity index (χ3n) is 3.16. The van der Waals surface area contributed by atoms with Gasteiger partial charge in [0.15, 0.2) is 0 Å². The van der Waals surface area contributed by atoms with Gasteiger partial charge in [0.25, 0.3) is 0 Å². The van der Waals surface area contributed by atoms with Crippen LogP contribution in [0.1, 0.15) is 25.7 Å². The molecule has 0 aromatic carbocycles. The molecule has 1 aliphatic heterocycles. The smallest absolute Gasteiger partial charge is 0.220 e. The van der Waals surface area contributed by atoms with E-state index in [1.54, 1.807) is 12.4 Å². The summed E-state index contributed by atoms with van der Waals surface area (Å²) in [6, 6.07) is 4.04. The van der Waals surface area contributed by atoms with Gasteiger partial charge in [0, 0.05) is 18.7 Å². The summed E-state index contributed by atoms with van der Waals surface area (Å²) in [5, 5.41) is 6.35. The summed E-state index contributed by atoms with van der Waals surface area (Å²) in [6.07, 6.45) is 6.68. The average molecular weight is 263 g/mol. The third kappa shape index (κ3) is 5.26. The van der Waals surface area contributed by atoms with Crippen LogP contribution < -0.4 is 15.4 Å². The minimum Gasteiger partial charge on any atom is -0.492 e. The van der Waals surface area contributed by atoms with Gasteiger partial charge in [0.05, 0.1) is 12.8 Å². The van der Waals surface area contributed by atoms with Gasteiger partial charge >= 0.3 is 0 Å². The van der Waals surface area contributed by atoms with Crippen LogP contribution in [0.25, 0.3) is 0 Å². The summed E-state index contributed by atoms with van der Waals surface area (Å²) in [6.45, 7) is 2.54. The quantitative estimate of drug-likeness (QED) is 0.755. The molecule has 1 aromatic rings. The standard InChI is InChI=1S/C14H21N3O2/c18-14(17-12-5-8-15-9-6-12)4-2-10-19-13-3-1-7-16-11-13/h1,3,7,11-12,15H,2,4-6,8-10H2,(H,17,18). The van der Waals surface area contributed by atoms with Crippen molar-refractivity contribution in [3.05, 3.63) is 24.5 Å². The lowest BCUT2D eigenvalue weighted by atomic mass is 10.1. The third-order valence-corrected chi connectivity index (χ3v) is 3.16. The lowest BCUT2D eigenvalue weighted by molar-refractivity contribution is -0.122. The fourth-order valence-corrected chi connectivity index (χ4v) is 2.12. The lowest BCUT2D eigenvalue weighted by Gasteiger charge is -2.23. The van der Waals surface area contributed by atoms with Gasteiger partial charge in [-0.15, -0.1) is 0 Å². The van der Waals surface area contributed by atoms with E-state index in [1.807, 2.05) is 12.1 Å². The molecule has 1 aromatic heterocycles. The molecule has 2 heterocycles. The van der Waals surface area contributed by atoms with Gasteiger partial charge in [-0.1, -0.05) is 0 Å². The molecule has 1 aliphatic rings. The molecule has 0 saturated carbocycles. The number of carbonyl (C=O) groups is 1. The fraction of sp³-hybridized carbons (Fsp3) is 0.571. The predicted molar refractivity (Wildman–Crippen MR) is 73.0 cm³/mol. The van der Waals surface area contributed by atoms with Crippen LogP contribution in [-0.4, -0.2) is 36.6 Å². The molecular weight excluding hydrogens is 242 g/mol. The molecule has 104 valence electrons. The van der Waals surface area contributed by atoms with Crippen LogP contribution in [0.15, 0.2) is 24.5 Å². The molecule has 0 aliphatic carbocycles. The number of aromatic nitrogens is 1. The van der Waals surface area contributed by atoms with Crippen LogP contribution >= 0.6 is 0 Å². The topological polar surface area (TPSA) is 63.2 Å². The van der Waals surface area contributed by atoms with E-state index < -0.39 is 0 Å². The van der Waals surface area contributed by atoms with Crippen molar-refractivity contribution in [2.45, 2.75) is 31.7 Å². The van der Waals surface area contributed by atoms with Gasteiger partial charge in [-0.3, -0.25) is 9.78 Å². The van der Waals surface area contributed by atoms with Gasteiger partial charge in [0.2, 0.25) is 5.91 Å². The number of piperidine rings is 1. The number of hydrogen-bond donors (Lipinski definition) is 2. The van der Waals surface area contributed by atoms with Gasteiger partial charge < -0.3 is 15.4 Å². The van der Waals surface area contributed by atoms with Crippen molar-refractivity contribution in [3.63, 3.8) is 0 Å². The minimum absolute atomic E-state index is 0.127. The first kappa shape index (κ1) is 13.8. The summed E-state index contributed by atoms with van der Waals surface area (Å²) in [5.74, 6) is 0.878. The lowest BCUT2D eigenvalue weighted by Crippen LogP contribution is -2.42. The first-order chi connectivity index (χ1) is 9.34. The minimum atomic E-state index is 0.127. The number of ether oxygens (including phenoxy) is 1. The zero-order valence-electron chi connectivity index (χ0n) is 11.1. The zero-order valence-corrected chi connectivity index (χ0v) is 11.1. The highest BCUT2D eigenvalue weighted by molar-refractivity contribution is 5.76. The first-order valence-electron chi connectivity index (χ1n) is 6.87. The van der Waals surface area contributed by atoms with Gasteiger partial charge in [0.1, 0.15) is 5.75 Å². The highest BCUT2D eigenvalue weighted by atomic mass is 16.5. The van der Waals surface area contributed by atoms with Crippen LogP contribution in [0.3, 0.4) is 0 Å². The largest absolute Gasteiger partial charge is 0.492 e. The fourth-order valence-electron chi connectivity index (χ4n) is 2.12. The van der Waals surface area contributed by atoms with E-state index in [1.165, 1.54) is 0 Å². The molecule has 1 amide bonds. The molecule has 0 unspecified atom stereocenters. The van der Waals surface area contributed by atoms with Gasteiger partial charge in [-0.05, 0) is 44.5 Å². The maximum absolute atomic E-state index is 11.7. The molecule has 1 saturated heterocycles. The van der Waals surface area contributed by atoms with Gasteiger partial charge in [-0.2, -0.15) is 0 Å². The molecule has 2 N–H and O–H groups in total. The van der Waals surface area contributed by atoms with Crippen molar-refractivity contribution in [2.24, 2.45) is 0 Å². The Kier molecular flexibility index (Phi) is 5.62. The van der Waals surface area contributed by atoms with E-state index in [-0.39, 0.29) is 5.91 Å². The van der Waals surface area contributed by atoms with Crippen molar-refractivity contribution in [3.8, 4) is 5.75 Å². The Morgan fingerprint density at radius 2 is 2.32 bits per heavy atom. The van der Waals surface area contributed by atoms with Crippen molar-refractivity contribution in [1.82, 2.24) is 15.6 Å². The molecule has 19 heavy (non-hydrogen) atoms. The van der Waals surface area contributed by atoms with Crippen molar-refractivity contribution < 1.29 is 9.53 Å². The summed E-state index contributed by atoms with van der Waals surface area (Å²) in [4.78, 5) is 15.7. The summed E-state index contributed by atoms with van der Waals surface area (Å²) < 4.78 is 5.49.